The molecule has 32 heavy (non-hydrogen) atoms. The van der Waals surface area contributed by atoms with Crippen molar-refractivity contribution >= 4 is 5.78 Å². The fourth-order valence-electron chi connectivity index (χ4n) is 4.47. The average molecular weight is 449 g/mol. The number of hydrogen-bond donors (Lipinski definition) is 0. The molecule has 0 saturated heterocycles. The molecule has 4 nitrogen and oxygen atoms in total. The van der Waals surface area contributed by atoms with Gasteiger partial charge in [-0.25, -0.2) is 0 Å². The maximum absolute atomic E-state index is 12.3. The Kier molecular flexibility index (Phi) is 13.6. The molecule has 3 atom stereocenters. The van der Waals surface area contributed by atoms with E-state index in [4.69, 9.17) is 14.2 Å². The third kappa shape index (κ3) is 9.94. The Morgan fingerprint density at radius 2 is 1.66 bits per heavy atom. The van der Waals surface area contributed by atoms with E-state index in [1.54, 1.807) is 14.2 Å². The number of rotatable bonds is 17. The summed E-state index contributed by atoms with van der Waals surface area (Å²) in [4.78, 5) is 12.3. The minimum absolute atomic E-state index is 0.208. The fraction of sp³-hybridized carbons (Fsp3) is 0.750. The zero-order valence-corrected chi connectivity index (χ0v) is 21.9. The van der Waals surface area contributed by atoms with E-state index in [2.05, 4.69) is 46.8 Å². The second-order valence-corrected chi connectivity index (χ2v) is 9.98. The fourth-order valence-corrected chi connectivity index (χ4v) is 4.47. The molecule has 0 radical (unpaired) electrons. The minimum Gasteiger partial charge on any atom is -0.493 e. The van der Waals surface area contributed by atoms with Gasteiger partial charge < -0.3 is 14.2 Å². The molecule has 0 heterocycles. The Hall–Kier alpha value is -1.55. The maximum atomic E-state index is 12.3. The second kappa shape index (κ2) is 15.3. The highest BCUT2D eigenvalue weighted by molar-refractivity contribution is 5.80. The summed E-state index contributed by atoms with van der Waals surface area (Å²) in [7, 11) is 3.39. The van der Waals surface area contributed by atoms with Crippen LogP contribution in [0.15, 0.2) is 18.2 Å². The van der Waals surface area contributed by atoms with E-state index < -0.39 is 0 Å². The number of methoxy groups -OCH3 is 2. The number of ketones is 1. The number of ether oxygens (including phenoxy) is 3. The molecule has 0 spiro atoms. The lowest BCUT2D eigenvalue weighted by Gasteiger charge is -2.26. The van der Waals surface area contributed by atoms with Crippen molar-refractivity contribution in [2.45, 2.75) is 80.1 Å². The van der Waals surface area contributed by atoms with Crippen molar-refractivity contribution in [1.29, 1.82) is 0 Å². The van der Waals surface area contributed by atoms with E-state index in [-0.39, 0.29) is 5.92 Å². The molecule has 184 valence electrons. The zero-order chi connectivity index (χ0) is 24.1. The van der Waals surface area contributed by atoms with Gasteiger partial charge in [-0.05, 0) is 60.6 Å². The van der Waals surface area contributed by atoms with Gasteiger partial charge in [-0.1, -0.05) is 54.0 Å². The molecule has 0 fully saturated rings. The van der Waals surface area contributed by atoms with E-state index in [9.17, 15) is 4.79 Å². The molecule has 0 amide bonds. The van der Waals surface area contributed by atoms with Gasteiger partial charge in [0, 0.05) is 32.5 Å². The topological polar surface area (TPSA) is 44.8 Å². The number of Topliss-reactive ketones (excluding diaryl/α,β-unsaturated/α-hetero) is 1. The minimum atomic E-state index is 0.208. The summed E-state index contributed by atoms with van der Waals surface area (Å²) in [5.74, 6) is 4.45. The highest BCUT2D eigenvalue weighted by Gasteiger charge is 2.23. The summed E-state index contributed by atoms with van der Waals surface area (Å²) in [6, 6.07) is 6.32. The van der Waals surface area contributed by atoms with Gasteiger partial charge in [0.25, 0.3) is 0 Å². The van der Waals surface area contributed by atoms with Gasteiger partial charge in [-0.15, -0.1) is 0 Å². The van der Waals surface area contributed by atoms with E-state index in [0.717, 1.165) is 37.2 Å². The van der Waals surface area contributed by atoms with Crippen LogP contribution in [0.25, 0.3) is 0 Å². The predicted octanol–water partition coefficient (Wildman–Crippen LogP) is 6.98. The molecule has 0 aliphatic carbocycles. The Balaban J connectivity index is 2.76. The van der Waals surface area contributed by atoms with Gasteiger partial charge in [-0.2, -0.15) is 0 Å². The summed E-state index contributed by atoms with van der Waals surface area (Å²) in [6.45, 7) is 14.6. The van der Waals surface area contributed by atoms with Gasteiger partial charge >= 0.3 is 0 Å². The van der Waals surface area contributed by atoms with Crippen LogP contribution in [0.4, 0.5) is 0 Å². The quantitative estimate of drug-likeness (QED) is 0.241. The lowest BCUT2D eigenvalue weighted by molar-refractivity contribution is -0.124. The van der Waals surface area contributed by atoms with Crippen LogP contribution in [0.1, 0.15) is 79.2 Å². The van der Waals surface area contributed by atoms with E-state index >= 15 is 0 Å². The first-order valence-corrected chi connectivity index (χ1v) is 12.5. The number of carbonyl (C=O) groups excluding carboxylic acids is 1. The van der Waals surface area contributed by atoms with Crippen LogP contribution in [0.2, 0.25) is 0 Å². The highest BCUT2D eigenvalue weighted by Crippen LogP contribution is 2.33. The van der Waals surface area contributed by atoms with Gasteiger partial charge in [-0.3, -0.25) is 4.79 Å². The molecule has 0 N–H and O–H groups in total. The van der Waals surface area contributed by atoms with Crippen LogP contribution in [0, 0.1) is 29.6 Å². The second-order valence-electron chi connectivity index (χ2n) is 9.98. The summed E-state index contributed by atoms with van der Waals surface area (Å²) in [6.07, 6.45) is 5.85. The Bertz CT molecular complexity index is 653. The van der Waals surface area contributed by atoms with Crippen molar-refractivity contribution < 1.29 is 19.0 Å². The van der Waals surface area contributed by atoms with Gasteiger partial charge in [0.15, 0.2) is 11.5 Å². The number of carbonyl (C=O) groups is 1. The van der Waals surface area contributed by atoms with E-state index in [1.807, 2.05) is 13.0 Å². The molecular weight excluding hydrogens is 400 g/mol. The Labute approximate surface area is 197 Å². The van der Waals surface area contributed by atoms with Gasteiger partial charge in [0.2, 0.25) is 0 Å². The van der Waals surface area contributed by atoms with Crippen LogP contribution < -0.4 is 9.47 Å². The van der Waals surface area contributed by atoms with Crippen molar-refractivity contribution in [1.82, 2.24) is 0 Å². The van der Waals surface area contributed by atoms with Crippen LogP contribution in [0.3, 0.4) is 0 Å². The van der Waals surface area contributed by atoms with Crippen LogP contribution >= 0.6 is 0 Å². The zero-order valence-electron chi connectivity index (χ0n) is 21.9. The monoisotopic (exact) mass is 448 g/mol. The SMILES string of the molecule is CCC(=O)C(CCC(C)CC(Cc1ccc(OC)c(OCCCOC)c1)C(C)C)C(C)C. The normalized spacial score (nSPS) is 14.4. The Morgan fingerprint density at radius 1 is 0.938 bits per heavy atom. The van der Waals surface area contributed by atoms with Gasteiger partial charge in [0.05, 0.1) is 13.7 Å². The summed E-state index contributed by atoms with van der Waals surface area (Å²) >= 11 is 0. The van der Waals surface area contributed by atoms with E-state index in [1.165, 1.54) is 12.0 Å². The molecule has 0 aliphatic rings. The smallest absolute Gasteiger partial charge is 0.161 e. The molecule has 1 aromatic carbocycles. The van der Waals surface area contributed by atoms with E-state index in [0.29, 0.717) is 49.1 Å². The molecule has 0 saturated carbocycles. The predicted molar refractivity (Wildman–Crippen MR) is 134 cm³/mol. The first-order chi connectivity index (χ1) is 15.2. The highest BCUT2D eigenvalue weighted by atomic mass is 16.5. The first kappa shape index (κ1) is 28.5. The van der Waals surface area contributed by atoms with Crippen LogP contribution in [-0.2, 0) is 16.0 Å². The molecular formula is C28H48O4. The lowest BCUT2D eigenvalue weighted by Crippen LogP contribution is -2.21. The third-order valence-electron chi connectivity index (χ3n) is 6.66. The summed E-state index contributed by atoms with van der Waals surface area (Å²) in [5, 5.41) is 0. The first-order valence-electron chi connectivity index (χ1n) is 12.5. The maximum Gasteiger partial charge on any atom is 0.161 e. The molecule has 4 heteroatoms. The van der Waals surface area contributed by atoms with Crippen molar-refractivity contribution in [3.8, 4) is 11.5 Å². The third-order valence-corrected chi connectivity index (χ3v) is 6.66. The van der Waals surface area contributed by atoms with Crippen molar-refractivity contribution in [3.63, 3.8) is 0 Å². The van der Waals surface area contributed by atoms with Crippen LogP contribution in [0.5, 0.6) is 11.5 Å². The summed E-state index contributed by atoms with van der Waals surface area (Å²) < 4.78 is 16.6. The van der Waals surface area contributed by atoms with Crippen LogP contribution in [-0.4, -0.2) is 33.2 Å². The largest absolute Gasteiger partial charge is 0.493 e. The molecule has 1 rings (SSSR count). The van der Waals surface area contributed by atoms with Crippen molar-refractivity contribution in [3.05, 3.63) is 23.8 Å². The average Bonchev–Trinajstić information content (AvgIpc) is 2.76. The molecule has 0 aliphatic heterocycles. The standard InChI is InChI=1S/C28H48O4/c1-9-26(29)25(21(4)5)13-11-22(6)17-24(20(2)3)18-23-12-14-27(31-8)28(19-23)32-16-10-15-30-7/h12,14,19-22,24-25H,9-11,13,15-18H2,1-8H3. The lowest BCUT2D eigenvalue weighted by atomic mass is 9.79. The number of benzene rings is 1. The summed E-state index contributed by atoms with van der Waals surface area (Å²) in [5.41, 5.74) is 1.29. The molecule has 0 aromatic heterocycles. The number of hydrogen-bond acceptors (Lipinski definition) is 4. The van der Waals surface area contributed by atoms with Crippen molar-refractivity contribution in [2.75, 3.05) is 27.4 Å². The molecule has 3 unspecified atom stereocenters. The van der Waals surface area contributed by atoms with Crippen molar-refractivity contribution in [2.24, 2.45) is 29.6 Å². The molecule has 1 aromatic rings. The molecule has 0 bridgehead atoms. The Morgan fingerprint density at radius 3 is 2.22 bits per heavy atom. The van der Waals surface area contributed by atoms with Gasteiger partial charge in [0.1, 0.15) is 5.78 Å².